The number of nitrogens with two attached hydrogens (primary N) is 1. The maximum Gasteiger partial charge on any atom is 0.419 e. The molecule has 4 N–H and O–H groups in total. The van der Waals surface area contributed by atoms with Crippen LogP contribution in [-0.2, 0) is 24.3 Å². The molecular weight excluding hydrogens is 590 g/mol. The number of carbonyl (C=O) groups is 4. The van der Waals surface area contributed by atoms with Gasteiger partial charge in [-0.3, -0.25) is 14.3 Å². The Kier molecular flexibility index (Phi) is 9.81. The van der Waals surface area contributed by atoms with Crippen molar-refractivity contribution in [3.8, 4) is 5.75 Å². The summed E-state index contributed by atoms with van der Waals surface area (Å²) in [4.78, 5) is 53.8. The number of carbonyl (C=O) groups excluding carboxylic acids is 4. The zero-order chi connectivity index (χ0) is 32.3. The molecule has 5 amide bonds. The number of amides is 5. The van der Waals surface area contributed by atoms with Gasteiger partial charge in [0.05, 0.1) is 12.8 Å². The molecular formula is C30H43N5O8S. The topological polar surface area (TPSA) is 177 Å². The standard InChI is InChI=1S/C30H43N5O8S/c1-29(2,3)43-28(39)35(27(31)38)24-15-9-7-5-6-8-12-20-19-30(20,32-25(36)23-16-11-17-34(23)26(24)37)44(40,41)33-21-13-10-14-22(18-21)42-4/h8,10,12-14,18,20,23-24,33H,5-7,9,11,15-17,19H2,1-4H3,(H2,31,38)(H,32,36)/b12-8-/t20-,23+,24+,30-/m1/s1. The molecule has 1 aromatic carbocycles. The third-order valence-corrected chi connectivity index (χ3v) is 10.1. The molecule has 1 saturated heterocycles. The van der Waals surface area contributed by atoms with Crippen molar-refractivity contribution in [1.29, 1.82) is 0 Å². The molecule has 2 fully saturated rings. The van der Waals surface area contributed by atoms with Crippen molar-refractivity contribution in [2.75, 3.05) is 18.4 Å². The zero-order valence-corrected chi connectivity index (χ0v) is 26.5. The molecule has 14 heteroatoms. The van der Waals surface area contributed by atoms with Crippen molar-refractivity contribution >= 4 is 39.6 Å². The minimum Gasteiger partial charge on any atom is -0.497 e. The predicted octanol–water partition coefficient (Wildman–Crippen LogP) is 3.47. The normalized spacial score (nSPS) is 27.0. The van der Waals surface area contributed by atoms with Crippen LogP contribution in [0.3, 0.4) is 0 Å². The minimum atomic E-state index is -4.16. The van der Waals surface area contributed by atoms with Crippen LogP contribution in [0.25, 0.3) is 0 Å². The number of allylic oxidation sites excluding steroid dienone is 1. The fraction of sp³-hybridized carbons (Fsp3) is 0.600. The van der Waals surface area contributed by atoms with Gasteiger partial charge in [0, 0.05) is 18.5 Å². The van der Waals surface area contributed by atoms with Crippen molar-refractivity contribution in [2.24, 2.45) is 11.7 Å². The summed E-state index contributed by atoms with van der Waals surface area (Å²) in [5.74, 6) is -1.25. The van der Waals surface area contributed by atoms with Crippen LogP contribution in [-0.4, -0.2) is 78.4 Å². The van der Waals surface area contributed by atoms with E-state index in [1.165, 1.54) is 12.0 Å². The quantitative estimate of drug-likeness (QED) is 0.413. The molecule has 2 heterocycles. The Morgan fingerprint density at radius 2 is 1.89 bits per heavy atom. The predicted molar refractivity (Wildman–Crippen MR) is 163 cm³/mol. The lowest BCUT2D eigenvalue weighted by Crippen LogP contribution is -2.59. The number of anilines is 1. The Bertz CT molecular complexity index is 1410. The molecule has 0 aromatic heterocycles. The van der Waals surface area contributed by atoms with Crippen LogP contribution in [0.2, 0.25) is 0 Å². The Morgan fingerprint density at radius 3 is 2.57 bits per heavy atom. The molecule has 3 aliphatic rings. The van der Waals surface area contributed by atoms with Gasteiger partial charge in [0.25, 0.3) is 10.0 Å². The monoisotopic (exact) mass is 633 g/mol. The van der Waals surface area contributed by atoms with Crippen LogP contribution in [0.15, 0.2) is 36.4 Å². The number of nitrogens with zero attached hydrogens (tertiary/aromatic N) is 2. The first-order valence-corrected chi connectivity index (χ1v) is 16.4. The van der Waals surface area contributed by atoms with Gasteiger partial charge in [-0.2, -0.15) is 0 Å². The van der Waals surface area contributed by atoms with Gasteiger partial charge >= 0.3 is 12.1 Å². The highest BCUT2D eigenvalue weighted by Crippen LogP contribution is 2.50. The highest BCUT2D eigenvalue weighted by molar-refractivity contribution is 7.94. The molecule has 4 atom stereocenters. The van der Waals surface area contributed by atoms with Crippen LogP contribution >= 0.6 is 0 Å². The first kappa shape index (κ1) is 33.1. The fourth-order valence-corrected chi connectivity index (χ4v) is 7.54. The van der Waals surface area contributed by atoms with Crippen LogP contribution in [0, 0.1) is 5.92 Å². The highest BCUT2D eigenvalue weighted by Gasteiger charge is 2.64. The van der Waals surface area contributed by atoms with E-state index in [-0.39, 0.29) is 31.5 Å². The number of ether oxygens (including phenoxy) is 2. The van der Waals surface area contributed by atoms with Gasteiger partial charge in [-0.1, -0.05) is 31.1 Å². The summed E-state index contributed by atoms with van der Waals surface area (Å²) in [6.45, 7) is 5.10. The lowest BCUT2D eigenvalue weighted by atomic mass is 10.0. The van der Waals surface area contributed by atoms with Crippen molar-refractivity contribution < 1.29 is 37.1 Å². The smallest absolute Gasteiger partial charge is 0.419 e. The Morgan fingerprint density at radius 1 is 1.14 bits per heavy atom. The molecule has 242 valence electrons. The second kappa shape index (κ2) is 13.0. The van der Waals surface area contributed by atoms with Crippen molar-refractivity contribution in [1.82, 2.24) is 15.1 Å². The molecule has 2 aliphatic heterocycles. The molecule has 1 aromatic rings. The maximum absolute atomic E-state index is 14.0. The molecule has 1 aliphatic carbocycles. The summed E-state index contributed by atoms with van der Waals surface area (Å²) in [5, 5.41) is 2.78. The zero-order valence-electron chi connectivity index (χ0n) is 25.7. The van der Waals surface area contributed by atoms with Gasteiger partial charge in [0.15, 0.2) is 4.87 Å². The maximum atomic E-state index is 14.0. The second-order valence-electron chi connectivity index (χ2n) is 12.5. The molecule has 0 bridgehead atoms. The molecule has 0 unspecified atom stereocenters. The van der Waals surface area contributed by atoms with Gasteiger partial charge < -0.3 is 25.4 Å². The number of methoxy groups -OCH3 is 1. The van der Waals surface area contributed by atoms with Crippen molar-refractivity contribution in [3.63, 3.8) is 0 Å². The van der Waals surface area contributed by atoms with E-state index in [9.17, 15) is 27.6 Å². The summed E-state index contributed by atoms with van der Waals surface area (Å²) in [6, 6.07) is 3.06. The van der Waals surface area contributed by atoms with E-state index < -0.39 is 62.4 Å². The van der Waals surface area contributed by atoms with Crippen molar-refractivity contribution in [3.05, 3.63) is 36.4 Å². The average molecular weight is 634 g/mol. The SMILES string of the molecule is COc1cccc(NS(=O)(=O)[C@]23C[C@H]2/C=C\CCCCC[C@H](N(C(N)=O)C(=O)OC(C)(C)C)C(=O)N2CCC[C@H]2C(=O)N3)c1. The summed E-state index contributed by atoms with van der Waals surface area (Å²) in [7, 11) is -2.69. The van der Waals surface area contributed by atoms with Crippen molar-refractivity contribution in [2.45, 2.75) is 94.7 Å². The number of sulfonamides is 1. The summed E-state index contributed by atoms with van der Waals surface area (Å²) < 4.78 is 40.9. The Hall–Kier alpha value is -3.81. The highest BCUT2D eigenvalue weighted by atomic mass is 32.2. The molecule has 0 radical (unpaired) electrons. The van der Waals surface area contributed by atoms with Gasteiger partial charge in [-0.15, -0.1) is 0 Å². The van der Waals surface area contributed by atoms with E-state index in [1.807, 2.05) is 12.2 Å². The third-order valence-electron chi connectivity index (χ3n) is 8.08. The number of urea groups is 1. The number of benzene rings is 1. The van der Waals surface area contributed by atoms with Crippen LogP contribution in [0.5, 0.6) is 5.75 Å². The molecule has 44 heavy (non-hydrogen) atoms. The molecule has 1 saturated carbocycles. The lowest BCUT2D eigenvalue weighted by molar-refractivity contribution is -0.142. The van der Waals surface area contributed by atoms with Crippen LogP contribution < -0.4 is 20.5 Å². The van der Waals surface area contributed by atoms with E-state index in [0.29, 0.717) is 36.3 Å². The number of nitrogens with one attached hydrogen (secondary N) is 2. The molecule has 0 spiro atoms. The molecule has 4 rings (SSSR count). The number of hydrogen-bond donors (Lipinski definition) is 3. The van der Waals surface area contributed by atoms with E-state index in [0.717, 1.165) is 6.42 Å². The van der Waals surface area contributed by atoms with Gasteiger partial charge in [-0.25, -0.2) is 22.9 Å². The Labute approximate surface area is 258 Å². The molecule has 13 nitrogen and oxygen atoms in total. The number of rotatable bonds is 5. The summed E-state index contributed by atoms with van der Waals surface area (Å²) >= 11 is 0. The van der Waals surface area contributed by atoms with Crippen LogP contribution in [0.1, 0.15) is 72.1 Å². The fourth-order valence-electron chi connectivity index (χ4n) is 5.81. The first-order chi connectivity index (χ1) is 20.7. The minimum absolute atomic E-state index is 0.140. The number of hydrogen-bond acceptors (Lipinski definition) is 8. The summed E-state index contributed by atoms with van der Waals surface area (Å²) in [6.07, 6.45) is 6.30. The lowest BCUT2D eigenvalue weighted by Gasteiger charge is -2.34. The number of primary amides is 1. The van der Waals surface area contributed by atoms with Gasteiger partial charge in [0.2, 0.25) is 11.8 Å². The van der Waals surface area contributed by atoms with Crippen LogP contribution in [0.4, 0.5) is 15.3 Å². The number of fused-ring (bicyclic) bond motifs is 2. The average Bonchev–Trinajstić information content (AvgIpc) is 3.41. The third kappa shape index (κ3) is 7.28. The van der Waals surface area contributed by atoms with E-state index in [4.69, 9.17) is 15.2 Å². The van der Waals surface area contributed by atoms with E-state index >= 15 is 0 Å². The van der Waals surface area contributed by atoms with Gasteiger partial charge in [-0.05, 0) is 71.4 Å². The largest absolute Gasteiger partial charge is 0.497 e. The number of imide groups is 1. The Balaban J connectivity index is 1.65. The van der Waals surface area contributed by atoms with E-state index in [1.54, 1.807) is 45.0 Å². The first-order valence-electron chi connectivity index (χ1n) is 15.0. The van der Waals surface area contributed by atoms with Gasteiger partial charge in [0.1, 0.15) is 23.4 Å². The second-order valence-corrected chi connectivity index (χ2v) is 14.4. The van der Waals surface area contributed by atoms with E-state index in [2.05, 4.69) is 10.0 Å². The summed E-state index contributed by atoms with van der Waals surface area (Å²) in [5.41, 5.74) is 4.95.